The molecule has 1 aromatic heterocycles. The van der Waals surface area contributed by atoms with E-state index in [0.29, 0.717) is 47.2 Å². The van der Waals surface area contributed by atoms with Crippen LogP contribution in [-0.4, -0.2) is 45.9 Å². The Balaban J connectivity index is 1.41. The zero-order chi connectivity index (χ0) is 24.0. The lowest BCUT2D eigenvalue weighted by Gasteiger charge is -2.17. The molecule has 9 nitrogen and oxygen atoms in total. The van der Waals surface area contributed by atoms with Gasteiger partial charge in [0.15, 0.2) is 5.75 Å². The summed E-state index contributed by atoms with van der Waals surface area (Å²) in [5.41, 5.74) is -0.578. The number of nitrogens with zero attached hydrogens (tertiary/aromatic N) is 1. The molecule has 1 aliphatic heterocycles. The van der Waals surface area contributed by atoms with E-state index in [4.69, 9.17) is 32.7 Å². The Morgan fingerprint density at radius 1 is 1.30 bits per heavy atom. The van der Waals surface area contributed by atoms with Crippen LogP contribution >= 0.6 is 23.2 Å². The predicted molar refractivity (Wildman–Crippen MR) is 124 cm³/mol. The van der Waals surface area contributed by atoms with Gasteiger partial charge in [-0.05, 0) is 31.4 Å². The number of aliphatic hydroxyl groups is 1. The molecule has 1 aromatic carbocycles. The van der Waals surface area contributed by atoms with Crippen LogP contribution < -0.4 is 21.3 Å². The molecule has 1 fully saturated rings. The highest BCUT2D eigenvalue weighted by Crippen LogP contribution is 2.32. The number of carbonyl (C=O) groups excluding carboxylic acids is 1. The van der Waals surface area contributed by atoms with Gasteiger partial charge in [0.25, 0.3) is 5.56 Å². The third-order valence-electron chi connectivity index (χ3n) is 5.40. The van der Waals surface area contributed by atoms with E-state index in [1.807, 2.05) is 0 Å². The van der Waals surface area contributed by atoms with E-state index < -0.39 is 29.7 Å². The van der Waals surface area contributed by atoms with Crippen molar-refractivity contribution in [2.75, 3.05) is 13.2 Å². The minimum Gasteiger partial charge on any atom is -0.490 e. The van der Waals surface area contributed by atoms with Crippen molar-refractivity contribution < 1.29 is 19.4 Å². The number of unbranched alkanes of at least 4 members (excludes halogenated alkanes) is 1. The summed E-state index contributed by atoms with van der Waals surface area (Å²) in [6, 6.07) is 5.11. The second kappa shape index (κ2) is 11.7. The van der Waals surface area contributed by atoms with Crippen LogP contribution in [0.1, 0.15) is 44.4 Å². The van der Waals surface area contributed by atoms with Crippen LogP contribution in [0.2, 0.25) is 10.0 Å². The van der Waals surface area contributed by atoms with Gasteiger partial charge in [-0.1, -0.05) is 36.2 Å². The first-order valence-corrected chi connectivity index (χ1v) is 11.6. The Hall–Kier alpha value is -2.33. The van der Waals surface area contributed by atoms with E-state index in [-0.39, 0.29) is 25.3 Å². The Morgan fingerprint density at radius 3 is 2.73 bits per heavy atom. The number of aromatic nitrogens is 2. The topological polar surface area (TPSA) is 123 Å². The second-order valence-electron chi connectivity index (χ2n) is 7.77. The summed E-state index contributed by atoms with van der Waals surface area (Å²) in [4.78, 5) is 38.3. The fourth-order valence-corrected chi connectivity index (χ4v) is 4.05. The van der Waals surface area contributed by atoms with Crippen LogP contribution in [-0.2, 0) is 16.0 Å². The van der Waals surface area contributed by atoms with Crippen molar-refractivity contribution in [2.24, 2.45) is 0 Å². The number of H-pyrrole nitrogens is 1. The number of hydrogen-bond acceptors (Lipinski definition) is 6. The molecule has 0 spiro atoms. The van der Waals surface area contributed by atoms with Crippen LogP contribution in [0.4, 0.5) is 0 Å². The standard InChI is InChI=1S/C22H27Cl2N3O6/c1-2-13-12-27(22(31)26-21(13)30)19-10-16(28)17(33-19)11-25-18(29)8-3-4-9-32-20-14(23)6-5-7-15(20)24/h5-7,12,16-17,19,28H,2-4,8-11H2,1H3,(H,25,29)(H,26,30,31)/t16?,17-,19-/m0/s1. The smallest absolute Gasteiger partial charge is 0.330 e. The number of aromatic amines is 1. The molecule has 1 saturated heterocycles. The highest BCUT2D eigenvalue weighted by molar-refractivity contribution is 6.37. The van der Waals surface area contributed by atoms with Crippen molar-refractivity contribution in [2.45, 2.75) is 57.5 Å². The zero-order valence-corrected chi connectivity index (χ0v) is 19.7. The molecule has 11 heteroatoms. The lowest BCUT2D eigenvalue weighted by atomic mass is 10.1. The normalized spacial score (nSPS) is 20.1. The highest BCUT2D eigenvalue weighted by Gasteiger charge is 2.35. The van der Waals surface area contributed by atoms with Crippen LogP contribution in [0.25, 0.3) is 0 Å². The summed E-state index contributed by atoms with van der Waals surface area (Å²) < 4.78 is 12.6. The van der Waals surface area contributed by atoms with E-state index in [0.717, 1.165) is 0 Å². The summed E-state index contributed by atoms with van der Waals surface area (Å²) in [7, 11) is 0. The molecule has 2 heterocycles. The summed E-state index contributed by atoms with van der Waals surface area (Å²) in [5.74, 6) is 0.249. The molecule has 33 heavy (non-hydrogen) atoms. The predicted octanol–water partition coefficient (Wildman–Crippen LogP) is 2.42. The first-order valence-electron chi connectivity index (χ1n) is 10.8. The third-order valence-corrected chi connectivity index (χ3v) is 6.00. The average molecular weight is 500 g/mol. The molecule has 0 aliphatic carbocycles. The molecule has 0 bridgehead atoms. The molecule has 1 aliphatic rings. The summed E-state index contributed by atoms with van der Waals surface area (Å²) in [6.07, 6.45) is 1.37. The Kier molecular flexibility index (Phi) is 8.96. The van der Waals surface area contributed by atoms with Crippen molar-refractivity contribution in [3.63, 3.8) is 0 Å². The second-order valence-corrected chi connectivity index (χ2v) is 8.58. The molecule has 3 rings (SSSR count). The first kappa shape index (κ1) is 25.3. The van der Waals surface area contributed by atoms with Crippen molar-refractivity contribution in [3.05, 3.63) is 60.8 Å². The van der Waals surface area contributed by atoms with Gasteiger partial charge in [-0.3, -0.25) is 19.1 Å². The molecule has 1 amide bonds. The maximum absolute atomic E-state index is 12.1. The fourth-order valence-electron chi connectivity index (χ4n) is 3.55. The van der Waals surface area contributed by atoms with E-state index in [2.05, 4.69) is 10.3 Å². The Morgan fingerprint density at radius 2 is 2.03 bits per heavy atom. The van der Waals surface area contributed by atoms with Gasteiger partial charge in [-0.2, -0.15) is 0 Å². The van der Waals surface area contributed by atoms with Crippen LogP contribution in [0.3, 0.4) is 0 Å². The fraction of sp³-hybridized carbons (Fsp3) is 0.500. The number of ether oxygens (including phenoxy) is 2. The zero-order valence-electron chi connectivity index (χ0n) is 18.2. The Labute approximate surface area is 200 Å². The van der Waals surface area contributed by atoms with Gasteiger partial charge in [0, 0.05) is 31.1 Å². The largest absolute Gasteiger partial charge is 0.490 e. The quantitative estimate of drug-likeness (QED) is 0.431. The molecule has 0 saturated carbocycles. The minimum atomic E-state index is -0.854. The SMILES string of the molecule is CCc1cn([C@@H]2CC(O)[C@H](CNC(=O)CCCCOc3c(Cl)cccc3Cl)O2)c(=O)[nH]c1=O. The van der Waals surface area contributed by atoms with Crippen LogP contribution in [0.5, 0.6) is 5.75 Å². The summed E-state index contributed by atoms with van der Waals surface area (Å²) in [6.45, 7) is 2.29. The lowest BCUT2D eigenvalue weighted by molar-refractivity contribution is -0.122. The first-order chi connectivity index (χ1) is 15.8. The number of para-hydroxylation sites is 1. The van der Waals surface area contributed by atoms with Gasteiger partial charge in [-0.15, -0.1) is 0 Å². The van der Waals surface area contributed by atoms with Crippen LogP contribution in [0, 0.1) is 0 Å². The maximum atomic E-state index is 12.1. The minimum absolute atomic E-state index is 0.112. The highest BCUT2D eigenvalue weighted by atomic mass is 35.5. The van der Waals surface area contributed by atoms with Gasteiger partial charge >= 0.3 is 5.69 Å². The summed E-state index contributed by atoms with van der Waals surface area (Å²) >= 11 is 12.1. The maximum Gasteiger partial charge on any atom is 0.330 e. The number of amides is 1. The number of hydrogen-bond donors (Lipinski definition) is 3. The number of carbonyl (C=O) groups is 1. The average Bonchev–Trinajstić information content (AvgIpc) is 3.14. The van der Waals surface area contributed by atoms with Crippen molar-refractivity contribution in [3.8, 4) is 5.75 Å². The van der Waals surface area contributed by atoms with Gasteiger partial charge in [-0.25, -0.2) is 4.79 Å². The molecular weight excluding hydrogens is 473 g/mol. The number of aliphatic hydroxyl groups excluding tert-OH is 1. The van der Waals surface area contributed by atoms with Gasteiger partial charge in [0.2, 0.25) is 5.91 Å². The lowest BCUT2D eigenvalue weighted by Crippen LogP contribution is -2.37. The van der Waals surface area contributed by atoms with Gasteiger partial charge in [0.1, 0.15) is 12.3 Å². The molecular formula is C22H27Cl2N3O6. The number of aryl methyl sites for hydroxylation is 1. The number of rotatable bonds is 10. The number of halogens is 2. The molecule has 3 atom stereocenters. The number of nitrogens with one attached hydrogen (secondary N) is 2. The molecule has 2 aromatic rings. The summed E-state index contributed by atoms with van der Waals surface area (Å²) in [5, 5.41) is 13.9. The third kappa shape index (κ3) is 6.60. The number of benzene rings is 1. The van der Waals surface area contributed by atoms with Gasteiger partial charge in [0.05, 0.1) is 22.8 Å². The molecule has 1 unspecified atom stereocenters. The molecule has 180 valence electrons. The molecule has 0 radical (unpaired) electrons. The van der Waals surface area contributed by atoms with Gasteiger partial charge < -0.3 is 19.9 Å². The van der Waals surface area contributed by atoms with Crippen LogP contribution in [0.15, 0.2) is 34.0 Å². The van der Waals surface area contributed by atoms with Crippen molar-refractivity contribution in [1.82, 2.24) is 14.9 Å². The van der Waals surface area contributed by atoms with E-state index >= 15 is 0 Å². The van der Waals surface area contributed by atoms with E-state index in [1.54, 1.807) is 25.1 Å². The van der Waals surface area contributed by atoms with E-state index in [9.17, 15) is 19.5 Å². The van der Waals surface area contributed by atoms with Crippen molar-refractivity contribution >= 4 is 29.1 Å². The Bertz CT molecular complexity index is 1070. The molecule has 3 N–H and O–H groups in total. The van der Waals surface area contributed by atoms with Crippen molar-refractivity contribution in [1.29, 1.82) is 0 Å². The van der Waals surface area contributed by atoms with E-state index in [1.165, 1.54) is 10.8 Å². The monoisotopic (exact) mass is 499 g/mol.